The minimum atomic E-state index is -0.311. The minimum Gasteiger partial charge on any atom is -0.379 e. The van der Waals surface area contributed by atoms with Crippen LogP contribution in [0.25, 0.3) is 0 Å². The van der Waals surface area contributed by atoms with Crippen molar-refractivity contribution in [2.75, 3.05) is 13.3 Å². The summed E-state index contributed by atoms with van der Waals surface area (Å²) in [5.41, 5.74) is 0.604. The van der Waals surface area contributed by atoms with Gasteiger partial charge in [0.15, 0.2) is 0 Å². The van der Waals surface area contributed by atoms with E-state index in [-0.39, 0.29) is 6.67 Å². The van der Waals surface area contributed by atoms with E-state index in [2.05, 4.69) is 13.8 Å². The van der Waals surface area contributed by atoms with Gasteiger partial charge in [0, 0.05) is 6.61 Å². The van der Waals surface area contributed by atoms with Crippen molar-refractivity contribution in [3.8, 4) is 0 Å². The van der Waals surface area contributed by atoms with Crippen LogP contribution in [-0.2, 0) is 4.74 Å². The molecule has 0 saturated heterocycles. The largest absolute Gasteiger partial charge is 0.379 e. The summed E-state index contributed by atoms with van der Waals surface area (Å²) in [5, 5.41) is 0. The molecule has 0 aliphatic heterocycles. The Morgan fingerprint density at radius 2 is 1.70 bits per heavy atom. The summed E-state index contributed by atoms with van der Waals surface area (Å²) in [6, 6.07) is 0. The number of alkyl halides is 1. The van der Waals surface area contributed by atoms with E-state index < -0.39 is 0 Å². The van der Waals surface area contributed by atoms with E-state index in [1.807, 2.05) is 6.08 Å². The van der Waals surface area contributed by atoms with Crippen LogP contribution in [0.5, 0.6) is 0 Å². The fraction of sp³-hybridized carbons (Fsp3) is 0.905. The molecule has 0 bridgehead atoms. The summed E-state index contributed by atoms with van der Waals surface area (Å²) in [6.45, 7) is 5.08. The summed E-state index contributed by atoms with van der Waals surface area (Å²) in [7, 11) is 0. The van der Waals surface area contributed by atoms with Gasteiger partial charge in [0.1, 0.15) is 6.67 Å². The molecule has 0 N–H and O–H groups in total. The van der Waals surface area contributed by atoms with E-state index in [1.165, 1.54) is 64.2 Å². The molecule has 23 heavy (non-hydrogen) atoms. The van der Waals surface area contributed by atoms with Crippen LogP contribution in [0.4, 0.5) is 4.39 Å². The number of hydrogen-bond acceptors (Lipinski definition) is 1. The number of halogens is 1. The first-order chi connectivity index (χ1) is 11.2. The summed E-state index contributed by atoms with van der Waals surface area (Å²) < 4.78 is 17.9. The van der Waals surface area contributed by atoms with Gasteiger partial charge in [-0.3, -0.25) is 0 Å². The molecule has 0 unspecified atom stereocenters. The highest BCUT2D eigenvalue weighted by molar-refractivity contribution is 4.93. The molecule has 0 heterocycles. The lowest BCUT2D eigenvalue weighted by molar-refractivity contribution is -0.0296. The monoisotopic (exact) mass is 324 g/mol. The minimum absolute atomic E-state index is 0.311. The highest BCUT2D eigenvalue weighted by atomic mass is 19.1. The topological polar surface area (TPSA) is 9.23 Å². The summed E-state index contributed by atoms with van der Waals surface area (Å²) in [4.78, 5) is 0. The predicted octanol–water partition coefficient (Wildman–Crippen LogP) is 6.47. The molecule has 0 aromatic carbocycles. The maximum Gasteiger partial charge on any atom is 0.108 e. The zero-order valence-corrected chi connectivity index (χ0v) is 15.4. The first kappa shape index (κ1) is 19.0. The Kier molecular flexibility index (Phi) is 8.09. The van der Waals surface area contributed by atoms with Crippen molar-refractivity contribution in [2.24, 2.45) is 17.3 Å². The van der Waals surface area contributed by atoms with Crippen LogP contribution < -0.4 is 0 Å². The Balaban J connectivity index is 1.77. The first-order valence-corrected chi connectivity index (χ1v) is 10.1. The molecular weight excluding hydrogens is 287 g/mol. The molecule has 2 saturated carbocycles. The van der Waals surface area contributed by atoms with Gasteiger partial charge in [-0.25, -0.2) is 4.39 Å². The van der Waals surface area contributed by atoms with E-state index in [9.17, 15) is 4.39 Å². The normalized spacial score (nSPS) is 35.7. The lowest BCUT2D eigenvalue weighted by Gasteiger charge is -2.47. The van der Waals surface area contributed by atoms with E-state index in [0.717, 1.165) is 24.9 Å². The molecule has 0 aromatic rings. The van der Waals surface area contributed by atoms with Crippen LogP contribution in [0.2, 0.25) is 0 Å². The molecule has 0 atom stereocenters. The third-order valence-electron chi connectivity index (χ3n) is 6.75. The predicted molar refractivity (Wildman–Crippen MR) is 96.4 cm³/mol. The van der Waals surface area contributed by atoms with Crippen LogP contribution in [0.3, 0.4) is 0 Å². The number of ether oxygens (including phenoxy) is 1. The molecule has 0 spiro atoms. The second-order valence-electron chi connectivity index (χ2n) is 7.79. The fourth-order valence-corrected chi connectivity index (χ4v) is 5.20. The Bertz CT molecular complexity index is 336. The molecule has 0 amide bonds. The molecule has 0 radical (unpaired) electrons. The van der Waals surface area contributed by atoms with E-state index in [1.54, 1.807) is 6.08 Å². The third-order valence-corrected chi connectivity index (χ3v) is 6.75. The van der Waals surface area contributed by atoms with Crippen LogP contribution in [0, 0.1) is 17.3 Å². The molecule has 2 fully saturated rings. The van der Waals surface area contributed by atoms with Gasteiger partial charge in [-0.1, -0.05) is 38.3 Å². The quantitative estimate of drug-likeness (QED) is 0.465. The molecule has 0 aromatic heterocycles. The molecular formula is C21H37FO. The number of hydrogen-bond donors (Lipinski definition) is 0. The van der Waals surface area contributed by atoms with Gasteiger partial charge >= 0.3 is 0 Å². The molecule has 2 rings (SSSR count). The van der Waals surface area contributed by atoms with Crippen molar-refractivity contribution >= 4 is 0 Å². The van der Waals surface area contributed by atoms with Crippen molar-refractivity contribution in [1.82, 2.24) is 0 Å². The van der Waals surface area contributed by atoms with Crippen LogP contribution >= 0.6 is 0 Å². The van der Waals surface area contributed by atoms with Gasteiger partial charge in [-0.05, 0) is 75.5 Å². The van der Waals surface area contributed by atoms with Gasteiger partial charge < -0.3 is 4.74 Å². The van der Waals surface area contributed by atoms with Crippen molar-refractivity contribution in [3.05, 3.63) is 12.2 Å². The van der Waals surface area contributed by atoms with Gasteiger partial charge in [0.25, 0.3) is 0 Å². The maximum absolute atomic E-state index is 12.1. The van der Waals surface area contributed by atoms with Crippen molar-refractivity contribution in [3.63, 3.8) is 0 Å². The lowest BCUT2D eigenvalue weighted by atomic mass is 9.59. The van der Waals surface area contributed by atoms with Crippen molar-refractivity contribution in [2.45, 2.75) is 90.6 Å². The van der Waals surface area contributed by atoms with Gasteiger partial charge in [-0.2, -0.15) is 0 Å². The van der Waals surface area contributed by atoms with Crippen LogP contribution in [-0.4, -0.2) is 19.4 Å². The molecule has 2 aliphatic carbocycles. The first-order valence-electron chi connectivity index (χ1n) is 10.1. The summed E-state index contributed by atoms with van der Waals surface area (Å²) >= 11 is 0. The summed E-state index contributed by atoms with van der Waals surface area (Å²) in [6.07, 6.45) is 18.8. The zero-order chi connectivity index (χ0) is 16.5. The second kappa shape index (κ2) is 9.81. The van der Waals surface area contributed by atoms with E-state index in [4.69, 9.17) is 4.74 Å². The van der Waals surface area contributed by atoms with Gasteiger partial charge in [0.05, 0.1) is 6.10 Å². The SMILES string of the molecule is CCOC1CCC(CC)(C2CCC(CCC=CCF)CC2)CC1. The number of allylic oxidation sites excluding steroid dienone is 2. The van der Waals surface area contributed by atoms with E-state index >= 15 is 0 Å². The van der Waals surface area contributed by atoms with Crippen LogP contribution in [0.1, 0.15) is 84.5 Å². The zero-order valence-electron chi connectivity index (χ0n) is 15.4. The average Bonchev–Trinajstić information content (AvgIpc) is 2.60. The lowest BCUT2D eigenvalue weighted by Crippen LogP contribution is -2.38. The highest BCUT2D eigenvalue weighted by Gasteiger charge is 2.41. The standard InChI is InChI=1S/C21H37FO/c1-3-21(15-13-20(14-16-21)23-4-2)19-11-9-18(10-12-19)8-6-5-7-17-22/h5,7,18-20H,3-4,6,8-17H2,1-2H3. The molecule has 2 heteroatoms. The second-order valence-corrected chi connectivity index (χ2v) is 7.79. The number of rotatable bonds is 8. The van der Waals surface area contributed by atoms with E-state index in [0.29, 0.717) is 11.5 Å². The maximum atomic E-state index is 12.1. The van der Waals surface area contributed by atoms with Gasteiger partial charge in [-0.15, -0.1) is 0 Å². The fourth-order valence-electron chi connectivity index (χ4n) is 5.20. The van der Waals surface area contributed by atoms with Crippen molar-refractivity contribution in [1.29, 1.82) is 0 Å². The molecule has 2 aliphatic rings. The smallest absolute Gasteiger partial charge is 0.108 e. The van der Waals surface area contributed by atoms with Crippen molar-refractivity contribution < 1.29 is 9.13 Å². The average molecular weight is 325 g/mol. The highest BCUT2D eigenvalue weighted by Crippen LogP contribution is 2.51. The Hall–Kier alpha value is -0.370. The molecule has 134 valence electrons. The third kappa shape index (κ3) is 5.31. The Morgan fingerprint density at radius 3 is 2.26 bits per heavy atom. The Labute approximate surface area is 143 Å². The Morgan fingerprint density at radius 1 is 1.00 bits per heavy atom. The molecule has 1 nitrogen and oxygen atoms in total. The van der Waals surface area contributed by atoms with Crippen LogP contribution in [0.15, 0.2) is 12.2 Å². The summed E-state index contributed by atoms with van der Waals surface area (Å²) in [5.74, 6) is 1.82. The van der Waals surface area contributed by atoms with Gasteiger partial charge in [0.2, 0.25) is 0 Å².